The van der Waals surface area contributed by atoms with Crippen LogP contribution in [0.15, 0.2) is 24.3 Å². The van der Waals surface area contributed by atoms with Crippen molar-refractivity contribution in [2.24, 2.45) is 5.92 Å². The standard InChI is InChI=1S/C18H25NO4/c1-22-16-10-6-5-9-14(16)12-15(18(21)23-2)19-17(20)11-13-7-3-4-8-13/h5-6,9-10,13,15H,3-4,7-8,11-12H2,1-2H3,(H,19,20)/t15-/m0/s1. The molecule has 1 aromatic rings. The molecule has 1 aliphatic carbocycles. The number of benzene rings is 1. The first-order chi connectivity index (χ1) is 11.1. The second kappa shape index (κ2) is 8.56. The van der Waals surface area contributed by atoms with Crippen molar-refractivity contribution in [1.29, 1.82) is 0 Å². The molecule has 126 valence electrons. The predicted octanol–water partition coefficient (Wildman–Crippen LogP) is 2.48. The molecule has 0 saturated heterocycles. The summed E-state index contributed by atoms with van der Waals surface area (Å²) < 4.78 is 10.1. The van der Waals surface area contributed by atoms with Crippen molar-refractivity contribution < 1.29 is 19.1 Å². The van der Waals surface area contributed by atoms with Gasteiger partial charge in [0.2, 0.25) is 5.91 Å². The van der Waals surface area contributed by atoms with E-state index in [9.17, 15) is 9.59 Å². The van der Waals surface area contributed by atoms with Crippen molar-refractivity contribution in [1.82, 2.24) is 5.32 Å². The first-order valence-corrected chi connectivity index (χ1v) is 8.13. The lowest BCUT2D eigenvalue weighted by Crippen LogP contribution is -2.43. The normalized spacial score (nSPS) is 15.9. The van der Waals surface area contributed by atoms with Crippen LogP contribution in [0.1, 0.15) is 37.7 Å². The second-order valence-electron chi connectivity index (χ2n) is 6.01. The van der Waals surface area contributed by atoms with Crippen LogP contribution in [-0.4, -0.2) is 32.1 Å². The molecular formula is C18H25NO4. The summed E-state index contributed by atoms with van der Waals surface area (Å²) in [4.78, 5) is 24.2. The van der Waals surface area contributed by atoms with Crippen LogP contribution in [0.4, 0.5) is 0 Å². The number of carbonyl (C=O) groups is 2. The minimum Gasteiger partial charge on any atom is -0.496 e. The molecule has 5 heteroatoms. The third-order valence-electron chi connectivity index (χ3n) is 4.39. The summed E-state index contributed by atoms with van der Waals surface area (Å²) in [6.07, 6.45) is 5.43. The van der Waals surface area contributed by atoms with Crippen LogP contribution in [0.2, 0.25) is 0 Å². The number of ether oxygens (including phenoxy) is 2. The third kappa shape index (κ3) is 4.98. The Balaban J connectivity index is 2.01. The number of esters is 1. The van der Waals surface area contributed by atoms with Gasteiger partial charge < -0.3 is 14.8 Å². The van der Waals surface area contributed by atoms with Crippen LogP contribution >= 0.6 is 0 Å². The number of amides is 1. The van der Waals surface area contributed by atoms with E-state index >= 15 is 0 Å². The van der Waals surface area contributed by atoms with Crippen LogP contribution in [0, 0.1) is 5.92 Å². The molecule has 1 saturated carbocycles. The summed E-state index contributed by atoms with van der Waals surface area (Å²) in [5.41, 5.74) is 0.867. The molecule has 1 aliphatic rings. The van der Waals surface area contributed by atoms with Gasteiger partial charge in [0.25, 0.3) is 0 Å². The maximum absolute atomic E-state index is 12.2. The van der Waals surface area contributed by atoms with Gasteiger partial charge in [-0.1, -0.05) is 31.0 Å². The topological polar surface area (TPSA) is 64.6 Å². The molecule has 0 heterocycles. The van der Waals surface area contributed by atoms with E-state index in [1.54, 1.807) is 7.11 Å². The highest BCUT2D eigenvalue weighted by Gasteiger charge is 2.25. The summed E-state index contributed by atoms with van der Waals surface area (Å²) in [6.45, 7) is 0. The van der Waals surface area contributed by atoms with Gasteiger partial charge in [0.15, 0.2) is 0 Å². The average molecular weight is 319 g/mol. The van der Waals surface area contributed by atoms with Gasteiger partial charge in [-0.15, -0.1) is 0 Å². The Morgan fingerprint density at radius 1 is 1.22 bits per heavy atom. The fraction of sp³-hybridized carbons (Fsp3) is 0.556. The minimum absolute atomic E-state index is 0.0813. The summed E-state index contributed by atoms with van der Waals surface area (Å²) in [5, 5.41) is 2.83. The molecule has 1 N–H and O–H groups in total. The molecule has 1 fully saturated rings. The van der Waals surface area contributed by atoms with E-state index in [1.807, 2.05) is 24.3 Å². The lowest BCUT2D eigenvalue weighted by molar-refractivity contribution is -0.145. The number of nitrogens with one attached hydrogen (secondary N) is 1. The largest absolute Gasteiger partial charge is 0.496 e. The Morgan fingerprint density at radius 3 is 2.57 bits per heavy atom. The third-order valence-corrected chi connectivity index (χ3v) is 4.39. The molecule has 5 nitrogen and oxygen atoms in total. The Labute approximate surface area is 137 Å². The molecule has 23 heavy (non-hydrogen) atoms. The molecule has 2 rings (SSSR count). The van der Waals surface area contributed by atoms with E-state index in [4.69, 9.17) is 9.47 Å². The maximum Gasteiger partial charge on any atom is 0.328 e. The quantitative estimate of drug-likeness (QED) is 0.784. The molecule has 0 radical (unpaired) electrons. The van der Waals surface area contributed by atoms with Crippen molar-refractivity contribution in [2.75, 3.05) is 14.2 Å². The van der Waals surface area contributed by atoms with Gasteiger partial charge in [-0.3, -0.25) is 4.79 Å². The van der Waals surface area contributed by atoms with Crippen molar-refractivity contribution >= 4 is 11.9 Å². The van der Waals surface area contributed by atoms with Gasteiger partial charge in [0.05, 0.1) is 14.2 Å². The predicted molar refractivity (Wildman–Crippen MR) is 87.2 cm³/mol. The van der Waals surface area contributed by atoms with E-state index in [0.29, 0.717) is 24.5 Å². The van der Waals surface area contributed by atoms with Crippen molar-refractivity contribution in [3.8, 4) is 5.75 Å². The zero-order valence-electron chi connectivity index (χ0n) is 13.8. The molecule has 1 aromatic carbocycles. The first kappa shape index (κ1) is 17.3. The second-order valence-corrected chi connectivity index (χ2v) is 6.01. The lowest BCUT2D eigenvalue weighted by Gasteiger charge is -2.19. The highest BCUT2D eigenvalue weighted by atomic mass is 16.5. The molecule has 0 bridgehead atoms. The van der Waals surface area contributed by atoms with Gasteiger partial charge in [0.1, 0.15) is 11.8 Å². The first-order valence-electron chi connectivity index (χ1n) is 8.13. The highest BCUT2D eigenvalue weighted by molar-refractivity contribution is 5.84. The zero-order valence-corrected chi connectivity index (χ0v) is 13.8. The van der Waals surface area contributed by atoms with E-state index in [1.165, 1.54) is 20.0 Å². The number of methoxy groups -OCH3 is 2. The van der Waals surface area contributed by atoms with Crippen LogP contribution in [0.3, 0.4) is 0 Å². The summed E-state index contributed by atoms with van der Waals surface area (Å²) in [5.74, 6) is 0.629. The van der Waals surface area contributed by atoms with Crippen LogP contribution in [0.25, 0.3) is 0 Å². The number of rotatable bonds is 7. The van der Waals surface area contributed by atoms with E-state index < -0.39 is 12.0 Å². The van der Waals surface area contributed by atoms with E-state index in [-0.39, 0.29) is 5.91 Å². The number of carbonyl (C=O) groups excluding carboxylic acids is 2. The Bertz CT molecular complexity index is 538. The maximum atomic E-state index is 12.2. The molecular weight excluding hydrogens is 294 g/mol. The summed E-state index contributed by atoms with van der Waals surface area (Å²) >= 11 is 0. The molecule has 0 aliphatic heterocycles. The van der Waals surface area contributed by atoms with Crippen LogP contribution in [-0.2, 0) is 20.7 Å². The number of hydrogen-bond acceptors (Lipinski definition) is 4. The van der Waals surface area contributed by atoms with E-state index in [2.05, 4.69) is 5.32 Å². The highest BCUT2D eigenvalue weighted by Crippen LogP contribution is 2.27. The minimum atomic E-state index is -0.690. The van der Waals surface area contributed by atoms with Crippen molar-refractivity contribution in [2.45, 2.75) is 44.6 Å². The Kier molecular flexibility index (Phi) is 6.44. The summed E-state index contributed by atoms with van der Waals surface area (Å²) in [7, 11) is 2.92. The fourth-order valence-electron chi connectivity index (χ4n) is 3.16. The molecule has 1 atom stereocenters. The average Bonchev–Trinajstić information content (AvgIpc) is 3.06. The van der Waals surface area contributed by atoms with Crippen molar-refractivity contribution in [3.05, 3.63) is 29.8 Å². The van der Waals surface area contributed by atoms with Gasteiger partial charge in [0, 0.05) is 12.8 Å². The van der Waals surface area contributed by atoms with Gasteiger partial charge >= 0.3 is 5.97 Å². The molecule has 0 spiro atoms. The molecule has 0 unspecified atom stereocenters. The van der Waals surface area contributed by atoms with Gasteiger partial charge in [-0.05, 0) is 30.4 Å². The SMILES string of the molecule is COC(=O)[C@H](Cc1ccccc1OC)NC(=O)CC1CCCC1. The Hall–Kier alpha value is -2.04. The van der Waals surface area contributed by atoms with Gasteiger partial charge in [-0.25, -0.2) is 4.79 Å². The zero-order chi connectivity index (χ0) is 16.7. The lowest BCUT2D eigenvalue weighted by atomic mass is 10.0. The number of hydrogen-bond donors (Lipinski definition) is 1. The van der Waals surface area contributed by atoms with Crippen LogP contribution in [0.5, 0.6) is 5.75 Å². The summed E-state index contributed by atoms with van der Waals surface area (Å²) in [6, 6.07) is 6.79. The van der Waals surface area contributed by atoms with Gasteiger partial charge in [-0.2, -0.15) is 0 Å². The number of para-hydroxylation sites is 1. The fourth-order valence-corrected chi connectivity index (χ4v) is 3.16. The molecule has 1 amide bonds. The van der Waals surface area contributed by atoms with Crippen molar-refractivity contribution in [3.63, 3.8) is 0 Å². The van der Waals surface area contributed by atoms with Crippen LogP contribution < -0.4 is 10.1 Å². The Morgan fingerprint density at radius 2 is 1.91 bits per heavy atom. The smallest absolute Gasteiger partial charge is 0.328 e. The monoisotopic (exact) mass is 319 g/mol. The van der Waals surface area contributed by atoms with E-state index in [0.717, 1.165) is 18.4 Å². The molecule has 0 aromatic heterocycles.